The van der Waals surface area contributed by atoms with E-state index in [-0.39, 0.29) is 11.9 Å². The smallest absolute Gasteiger partial charge is 0.141 e. The van der Waals surface area contributed by atoms with E-state index in [2.05, 4.69) is 9.88 Å². The SMILES string of the molecule is N=C(N)c1cc(CN2CCC(O)CC2)ccn1. The summed E-state index contributed by atoms with van der Waals surface area (Å²) in [5.74, 6) is 0.000849. The molecule has 2 rings (SSSR count). The topological polar surface area (TPSA) is 86.2 Å². The maximum Gasteiger partial charge on any atom is 0.141 e. The van der Waals surface area contributed by atoms with Gasteiger partial charge in [0.1, 0.15) is 11.5 Å². The summed E-state index contributed by atoms with van der Waals surface area (Å²) in [6, 6.07) is 3.80. The number of nitrogen functional groups attached to an aromatic ring is 1. The molecule has 0 saturated carbocycles. The zero-order chi connectivity index (χ0) is 12.3. The summed E-state index contributed by atoms with van der Waals surface area (Å²) in [6.45, 7) is 2.66. The number of rotatable bonds is 3. The van der Waals surface area contributed by atoms with E-state index >= 15 is 0 Å². The maximum atomic E-state index is 9.43. The molecule has 0 radical (unpaired) electrons. The number of nitrogens with zero attached hydrogens (tertiary/aromatic N) is 2. The van der Waals surface area contributed by atoms with E-state index in [1.807, 2.05) is 12.1 Å². The number of pyridine rings is 1. The molecule has 0 bridgehead atoms. The number of hydrogen-bond acceptors (Lipinski definition) is 4. The molecule has 17 heavy (non-hydrogen) atoms. The molecule has 5 heteroatoms. The summed E-state index contributed by atoms with van der Waals surface area (Å²) in [5, 5.41) is 16.8. The summed E-state index contributed by atoms with van der Waals surface area (Å²) in [7, 11) is 0. The molecule has 5 nitrogen and oxygen atoms in total. The lowest BCUT2D eigenvalue weighted by Gasteiger charge is -2.29. The van der Waals surface area contributed by atoms with E-state index in [0.29, 0.717) is 5.69 Å². The fourth-order valence-electron chi connectivity index (χ4n) is 2.06. The van der Waals surface area contributed by atoms with Gasteiger partial charge in [0.2, 0.25) is 0 Å². The number of nitrogens with two attached hydrogens (primary N) is 1. The first-order valence-electron chi connectivity index (χ1n) is 5.85. The van der Waals surface area contributed by atoms with Gasteiger partial charge in [-0.25, -0.2) is 0 Å². The fraction of sp³-hybridized carbons (Fsp3) is 0.500. The number of aliphatic hydroxyl groups excluding tert-OH is 1. The highest BCUT2D eigenvalue weighted by atomic mass is 16.3. The molecule has 1 aliphatic rings. The maximum absolute atomic E-state index is 9.43. The number of amidine groups is 1. The lowest BCUT2D eigenvalue weighted by Crippen LogP contribution is -2.35. The van der Waals surface area contributed by atoms with Gasteiger partial charge in [-0.3, -0.25) is 15.3 Å². The molecule has 4 N–H and O–H groups in total. The number of aliphatic hydroxyl groups is 1. The monoisotopic (exact) mass is 234 g/mol. The minimum atomic E-state index is -0.142. The van der Waals surface area contributed by atoms with Crippen LogP contribution < -0.4 is 5.73 Å². The molecular weight excluding hydrogens is 216 g/mol. The molecule has 2 heterocycles. The summed E-state index contributed by atoms with van der Waals surface area (Å²) in [4.78, 5) is 6.33. The van der Waals surface area contributed by atoms with Crippen LogP contribution in [0.3, 0.4) is 0 Å². The molecule has 0 unspecified atom stereocenters. The lowest BCUT2D eigenvalue weighted by molar-refractivity contribution is 0.0792. The molecule has 1 aromatic heterocycles. The van der Waals surface area contributed by atoms with Crippen molar-refractivity contribution in [3.05, 3.63) is 29.6 Å². The molecule has 1 saturated heterocycles. The summed E-state index contributed by atoms with van der Waals surface area (Å²) in [5.41, 5.74) is 7.05. The van der Waals surface area contributed by atoms with Gasteiger partial charge in [0.15, 0.2) is 0 Å². The standard InChI is InChI=1S/C12H18N4O/c13-12(14)11-7-9(1-4-15-11)8-16-5-2-10(17)3-6-16/h1,4,7,10,17H,2-3,5-6,8H2,(H3,13,14). The molecule has 0 aromatic carbocycles. The number of hydrogen-bond donors (Lipinski definition) is 3. The van der Waals surface area contributed by atoms with Crippen LogP contribution in [0.4, 0.5) is 0 Å². The average molecular weight is 234 g/mol. The van der Waals surface area contributed by atoms with Crippen LogP contribution in [0.15, 0.2) is 18.3 Å². The Morgan fingerprint density at radius 1 is 1.53 bits per heavy atom. The van der Waals surface area contributed by atoms with E-state index in [0.717, 1.165) is 38.0 Å². The third kappa shape index (κ3) is 3.25. The van der Waals surface area contributed by atoms with Gasteiger partial charge in [-0.2, -0.15) is 0 Å². The second-order valence-corrected chi connectivity index (χ2v) is 4.47. The van der Waals surface area contributed by atoms with Crippen molar-refractivity contribution in [2.45, 2.75) is 25.5 Å². The van der Waals surface area contributed by atoms with Crippen LogP contribution in [0, 0.1) is 5.41 Å². The van der Waals surface area contributed by atoms with Crippen LogP contribution in [-0.4, -0.2) is 40.0 Å². The molecule has 1 fully saturated rings. The van der Waals surface area contributed by atoms with Gasteiger partial charge in [0, 0.05) is 25.8 Å². The second kappa shape index (κ2) is 5.25. The van der Waals surface area contributed by atoms with Crippen LogP contribution in [0.5, 0.6) is 0 Å². The van der Waals surface area contributed by atoms with Gasteiger partial charge in [-0.05, 0) is 30.5 Å². The van der Waals surface area contributed by atoms with E-state index in [1.54, 1.807) is 6.20 Å². The van der Waals surface area contributed by atoms with Gasteiger partial charge in [-0.15, -0.1) is 0 Å². The first-order valence-corrected chi connectivity index (χ1v) is 5.85. The number of likely N-dealkylation sites (tertiary alicyclic amines) is 1. The zero-order valence-corrected chi connectivity index (χ0v) is 9.76. The van der Waals surface area contributed by atoms with E-state index in [4.69, 9.17) is 11.1 Å². The highest BCUT2D eigenvalue weighted by Gasteiger charge is 2.16. The quantitative estimate of drug-likeness (QED) is 0.519. The molecule has 0 spiro atoms. The van der Waals surface area contributed by atoms with Crippen LogP contribution in [0.2, 0.25) is 0 Å². The Morgan fingerprint density at radius 2 is 2.24 bits per heavy atom. The van der Waals surface area contributed by atoms with Crippen LogP contribution in [-0.2, 0) is 6.54 Å². The van der Waals surface area contributed by atoms with Crippen molar-refractivity contribution in [1.82, 2.24) is 9.88 Å². The van der Waals surface area contributed by atoms with Crippen LogP contribution >= 0.6 is 0 Å². The number of piperidine rings is 1. The van der Waals surface area contributed by atoms with Crippen molar-refractivity contribution < 1.29 is 5.11 Å². The normalized spacial score (nSPS) is 18.2. The molecule has 0 aliphatic carbocycles. The second-order valence-electron chi connectivity index (χ2n) is 4.47. The highest BCUT2D eigenvalue weighted by molar-refractivity contribution is 5.93. The molecular formula is C12H18N4O. The van der Waals surface area contributed by atoms with Crippen molar-refractivity contribution in [2.24, 2.45) is 5.73 Å². The van der Waals surface area contributed by atoms with Crippen molar-refractivity contribution in [2.75, 3.05) is 13.1 Å². The Bertz CT molecular complexity index is 399. The first-order chi connectivity index (χ1) is 8.15. The van der Waals surface area contributed by atoms with Gasteiger partial charge < -0.3 is 10.8 Å². The molecule has 92 valence electrons. The van der Waals surface area contributed by atoms with Crippen molar-refractivity contribution in [3.8, 4) is 0 Å². The minimum Gasteiger partial charge on any atom is -0.393 e. The van der Waals surface area contributed by atoms with Gasteiger partial charge in [0.05, 0.1) is 6.10 Å². The minimum absolute atomic E-state index is 0.000849. The van der Waals surface area contributed by atoms with Gasteiger partial charge in [-0.1, -0.05) is 0 Å². The third-order valence-electron chi connectivity index (χ3n) is 3.06. The number of nitrogens with one attached hydrogen (secondary N) is 1. The largest absolute Gasteiger partial charge is 0.393 e. The van der Waals surface area contributed by atoms with E-state index < -0.39 is 0 Å². The van der Waals surface area contributed by atoms with Crippen molar-refractivity contribution >= 4 is 5.84 Å². The summed E-state index contributed by atoms with van der Waals surface area (Å²) in [6.07, 6.45) is 3.22. The fourth-order valence-corrected chi connectivity index (χ4v) is 2.06. The molecule has 1 aliphatic heterocycles. The summed E-state index contributed by atoms with van der Waals surface area (Å²) < 4.78 is 0. The zero-order valence-electron chi connectivity index (χ0n) is 9.76. The Hall–Kier alpha value is -1.46. The van der Waals surface area contributed by atoms with E-state index in [1.165, 1.54) is 0 Å². The first kappa shape index (κ1) is 12.0. The number of aromatic nitrogens is 1. The van der Waals surface area contributed by atoms with E-state index in [9.17, 15) is 5.11 Å². The predicted octanol–water partition coefficient (Wildman–Crippen LogP) is 0.322. The Balaban J connectivity index is 1.98. The van der Waals surface area contributed by atoms with Crippen LogP contribution in [0.25, 0.3) is 0 Å². The molecule has 0 atom stereocenters. The van der Waals surface area contributed by atoms with Crippen molar-refractivity contribution in [3.63, 3.8) is 0 Å². The summed E-state index contributed by atoms with van der Waals surface area (Å²) >= 11 is 0. The third-order valence-corrected chi connectivity index (χ3v) is 3.06. The highest BCUT2D eigenvalue weighted by Crippen LogP contribution is 2.13. The Kier molecular flexibility index (Phi) is 3.71. The van der Waals surface area contributed by atoms with Gasteiger partial charge >= 0.3 is 0 Å². The predicted molar refractivity (Wildman–Crippen MR) is 65.8 cm³/mol. The van der Waals surface area contributed by atoms with Gasteiger partial charge in [0.25, 0.3) is 0 Å². The lowest BCUT2D eigenvalue weighted by atomic mass is 10.1. The molecule has 1 aromatic rings. The Morgan fingerprint density at radius 3 is 2.88 bits per heavy atom. The molecule has 0 amide bonds. The Labute approximate surface area is 101 Å². The van der Waals surface area contributed by atoms with Crippen LogP contribution in [0.1, 0.15) is 24.1 Å². The van der Waals surface area contributed by atoms with Crippen molar-refractivity contribution in [1.29, 1.82) is 5.41 Å². The average Bonchev–Trinajstić information content (AvgIpc) is 2.32.